The fourth-order valence-electron chi connectivity index (χ4n) is 2.55. The molecule has 0 amide bonds. The van der Waals surface area contributed by atoms with E-state index in [1.807, 2.05) is 48.5 Å². The van der Waals surface area contributed by atoms with Gasteiger partial charge in [0.25, 0.3) is 0 Å². The van der Waals surface area contributed by atoms with E-state index in [0.717, 1.165) is 20.1 Å². The first-order valence-corrected chi connectivity index (χ1v) is 9.14. The van der Waals surface area contributed by atoms with Gasteiger partial charge in [-0.25, -0.2) is 0 Å². The summed E-state index contributed by atoms with van der Waals surface area (Å²) < 4.78 is 14.0. The molecule has 0 unspecified atom stereocenters. The maximum atomic E-state index is 11.5. The Labute approximate surface area is 157 Å². The molecule has 0 bridgehead atoms. The maximum Gasteiger partial charge on any atom is 0.226 e. The van der Waals surface area contributed by atoms with Gasteiger partial charge < -0.3 is 9.47 Å². The molecule has 0 radical (unpaired) electrons. The number of hydrogen-bond acceptors (Lipinski definition) is 3. The van der Waals surface area contributed by atoms with Gasteiger partial charge in [-0.3, -0.25) is 4.79 Å². The van der Waals surface area contributed by atoms with Crippen molar-refractivity contribution in [1.29, 1.82) is 0 Å². The first-order valence-electron chi connectivity index (χ1n) is 7.55. The maximum absolute atomic E-state index is 11.5. The van der Waals surface area contributed by atoms with Gasteiger partial charge in [0, 0.05) is 27.0 Å². The van der Waals surface area contributed by atoms with Crippen LogP contribution in [-0.4, -0.2) is 5.78 Å². The fraction of sp³-hybridized carbons (Fsp3) is 0.211. The van der Waals surface area contributed by atoms with Crippen LogP contribution in [0.3, 0.4) is 0 Å². The summed E-state index contributed by atoms with van der Waals surface area (Å²) in [5.41, 5.74) is 1.97. The second-order valence-electron chi connectivity index (χ2n) is 5.60. The van der Waals surface area contributed by atoms with E-state index in [9.17, 15) is 4.79 Å². The molecule has 1 saturated heterocycles. The molecule has 1 aliphatic rings. The summed E-state index contributed by atoms with van der Waals surface area (Å²) in [4.78, 5) is 11.5. The van der Waals surface area contributed by atoms with Crippen molar-refractivity contribution in [2.24, 2.45) is 0 Å². The third-order valence-electron chi connectivity index (χ3n) is 3.68. The van der Waals surface area contributed by atoms with Crippen LogP contribution >= 0.6 is 31.9 Å². The highest BCUT2D eigenvalue weighted by atomic mass is 79.9. The predicted molar refractivity (Wildman–Crippen MR) is 99.3 cm³/mol. The number of carbonyl (C=O) groups is 1. The summed E-state index contributed by atoms with van der Waals surface area (Å²) in [6.45, 7) is 1.52. The normalized spacial score (nSPS) is 22.2. The zero-order valence-electron chi connectivity index (χ0n) is 13.0. The van der Waals surface area contributed by atoms with Gasteiger partial charge in [-0.15, -0.1) is 0 Å². The lowest BCUT2D eigenvalue weighted by Gasteiger charge is -2.33. The Bertz CT molecular complexity index is 696. The highest BCUT2D eigenvalue weighted by Crippen LogP contribution is 2.39. The zero-order valence-corrected chi connectivity index (χ0v) is 16.2. The van der Waals surface area contributed by atoms with Crippen molar-refractivity contribution < 1.29 is 14.3 Å². The minimum absolute atomic E-state index is 0.0315. The molecule has 2 aromatic rings. The summed E-state index contributed by atoms with van der Waals surface area (Å²) in [5, 5.41) is 0. The Morgan fingerprint density at radius 2 is 1.54 bits per heavy atom. The van der Waals surface area contributed by atoms with Gasteiger partial charge in [-0.05, 0) is 36.8 Å². The van der Waals surface area contributed by atoms with Crippen LogP contribution in [0.25, 0.3) is 0 Å². The smallest absolute Gasteiger partial charge is 0.226 e. The third kappa shape index (κ3) is 4.35. The Morgan fingerprint density at radius 3 is 2.08 bits per heavy atom. The molecule has 1 fully saturated rings. The van der Waals surface area contributed by atoms with E-state index in [-0.39, 0.29) is 11.9 Å². The summed E-state index contributed by atoms with van der Waals surface area (Å²) in [7, 11) is 0. The molecule has 2 atom stereocenters. The second-order valence-corrected chi connectivity index (χ2v) is 7.43. The van der Waals surface area contributed by atoms with Crippen molar-refractivity contribution in [1.82, 2.24) is 0 Å². The summed E-state index contributed by atoms with van der Waals surface area (Å²) >= 11 is 6.87. The molecular weight excluding hydrogens is 436 g/mol. The first-order chi connectivity index (χ1) is 11.5. The zero-order chi connectivity index (χ0) is 17.1. The largest absolute Gasteiger partial charge is 0.465 e. The molecule has 24 heavy (non-hydrogen) atoms. The SMILES string of the molecule is CC(=O)/C=C1\C[C@@H](c2ccc(Br)cc2)O[C@@H](c2ccc(Br)cc2)O1. The van der Waals surface area contributed by atoms with E-state index < -0.39 is 6.29 Å². The van der Waals surface area contributed by atoms with Gasteiger partial charge in [0.2, 0.25) is 6.29 Å². The minimum Gasteiger partial charge on any atom is -0.465 e. The lowest BCUT2D eigenvalue weighted by molar-refractivity contribution is -0.191. The molecule has 0 N–H and O–H groups in total. The molecule has 0 aromatic heterocycles. The van der Waals surface area contributed by atoms with Gasteiger partial charge in [0.05, 0.1) is 6.10 Å². The minimum atomic E-state index is -0.536. The van der Waals surface area contributed by atoms with Crippen LogP contribution < -0.4 is 0 Å². The third-order valence-corrected chi connectivity index (χ3v) is 4.74. The predicted octanol–water partition coefficient (Wildman–Crippen LogP) is 5.86. The standard InChI is InChI=1S/C19H16Br2O3/c1-12(22)10-17-11-18(13-2-6-15(20)7-3-13)24-19(23-17)14-4-8-16(21)9-5-14/h2-10,18-19H,11H2,1H3/b17-10+/t18-,19-/m0/s1. The van der Waals surface area contributed by atoms with Gasteiger partial charge >= 0.3 is 0 Å². The number of allylic oxidation sites excluding steroid dienone is 1. The highest BCUT2D eigenvalue weighted by molar-refractivity contribution is 9.10. The number of ether oxygens (including phenoxy) is 2. The summed E-state index contributed by atoms with van der Waals surface area (Å²) in [6.07, 6.45) is 1.38. The van der Waals surface area contributed by atoms with Gasteiger partial charge in [0.1, 0.15) is 5.76 Å². The quantitative estimate of drug-likeness (QED) is 0.548. The number of benzene rings is 2. The van der Waals surface area contributed by atoms with Crippen LogP contribution in [0.1, 0.15) is 36.9 Å². The van der Waals surface area contributed by atoms with Crippen molar-refractivity contribution in [3.05, 3.63) is 80.4 Å². The highest BCUT2D eigenvalue weighted by Gasteiger charge is 2.29. The molecule has 1 heterocycles. The number of halogens is 2. The van der Waals surface area contributed by atoms with Gasteiger partial charge in [-0.2, -0.15) is 0 Å². The van der Waals surface area contributed by atoms with Crippen LogP contribution in [0.4, 0.5) is 0 Å². The molecule has 0 spiro atoms. The number of rotatable bonds is 3. The molecule has 5 heteroatoms. The Hall–Kier alpha value is -1.43. The van der Waals surface area contributed by atoms with Gasteiger partial charge in [-0.1, -0.05) is 56.1 Å². The molecular formula is C19H16Br2O3. The Morgan fingerprint density at radius 1 is 1.00 bits per heavy atom. The Balaban J connectivity index is 1.90. The van der Waals surface area contributed by atoms with Crippen LogP contribution in [-0.2, 0) is 14.3 Å². The molecule has 2 aromatic carbocycles. The van der Waals surface area contributed by atoms with E-state index in [2.05, 4.69) is 31.9 Å². The molecule has 124 valence electrons. The first kappa shape index (κ1) is 17.4. The lowest BCUT2D eigenvalue weighted by Crippen LogP contribution is -2.21. The van der Waals surface area contributed by atoms with Crippen LogP contribution in [0.5, 0.6) is 0 Å². The van der Waals surface area contributed by atoms with Crippen molar-refractivity contribution >= 4 is 37.6 Å². The van der Waals surface area contributed by atoms with Gasteiger partial charge in [0.15, 0.2) is 5.78 Å². The number of ketones is 1. The second kappa shape index (κ2) is 7.64. The molecule has 0 aliphatic carbocycles. The summed E-state index contributed by atoms with van der Waals surface area (Å²) in [6, 6.07) is 15.8. The van der Waals surface area contributed by atoms with E-state index in [0.29, 0.717) is 12.2 Å². The van der Waals surface area contributed by atoms with E-state index in [1.165, 1.54) is 6.92 Å². The molecule has 3 rings (SSSR count). The molecule has 0 saturated carbocycles. The molecule has 1 aliphatic heterocycles. The monoisotopic (exact) mass is 450 g/mol. The van der Waals surface area contributed by atoms with Crippen LogP contribution in [0.2, 0.25) is 0 Å². The van der Waals surface area contributed by atoms with Crippen molar-refractivity contribution in [3.63, 3.8) is 0 Å². The van der Waals surface area contributed by atoms with E-state index in [4.69, 9.17) is 9.47 Å². The average molecular weight is 452 g/mol. The van der Waals surface area contributed by atoms with E-state index in [1.54, 1.807) is 6.08 Å². The van der Waals surface area contributed by atoms with Crippen LogP contribution in [0.15, 0.2) is 69.3 Å². The van der Waals surface area contributed by atoms with Crippen molar-refractivity contribution in [2.45, 2.75) is 25.7 Å². The van der Waals surface area contributed by atoms with Crippen molar-refractivity contribution in [3.8, 4) is 0 Å². The number of hydrogen-bond donors (Lipinski definition) is 0. The van der Waals surface area contributed by atoms with E-state index >= 15 is 0 Å². The average Bonchev–Trinajstić information content (AvgIpc) is 2.55. The summed E-state index contributed by atoms with van der Waals surface area (Å²) in [5.74, 6) is 0.616. The fourth-order valence-corrected chi connectivity index (χ4v) is 3.08. The molecule has 3 nitrogen and oxygen atoms in total. The van der Waals surface area contributed by atoms with Crippen molar-refractivity contribution in [2.75, 3.05) is 0 Å². The number of carbonyl (C=O) groups excluding carboxylic acids is 1. The Kier molecular flexibility index (Phi) is 5.54. The van der Waals surface area contributed by atoms with Crippen LogP contribution in [0, 0.1) is 0 Å². The topological polar surface area (TPSA) is 35.5 Å². The lowest BCUT2D eigenvalue weighted by atomic mass is 10.0.